The van der Waals surface area contributed by atoms with Gasteiger partial charge in [-0.3, -0.25) is 9.78 Å². The summed E-state index contributed by atoms with van der Waals surface area (Å²) in [5.74, 6) is 15.4. The highest BCUT2D eigenvalue weighted by molar-refractivity contribution is 5.47. The fourth-order valence-electron chi connectivity index (χ4n) is 4.23. The third kappa shape index (κ3) is 6.55. The van der Waals surface area contributed by atoms with Gasteiger partial charge >= 0.3 is 0 Å². The zero-order valence-corrected chi connectivity index (χ0v) is 18.1. The summed E-state index contributed by atoms with van der Waals surface area (Å²) in [4.78, 5) is 10.9. The Hall–Kier alpha value is -2.88. The standard InChI is InChI=1S/C28H30O3/c1-3-11-23(12-4-1)19-21-25-15-7-9-17-27(25)29-31-30-28-18-10-8-16-26(28)22-20-24-13-5-2-6-14-24/h7-10,15-18,23-24H,1-6,11-14H2. The molecule has 0 atom stereocenters. The predicted molar refractivity (Wildman–Crippen MR) is 122 cm³/mol. The Labute approximate surface area is 186 Å². The lowest BCUT2D eigenvalue weighted by Crippen LogP contribution is -2.05. The van der Waals surface area contributed by atoms with Crippen LogP contribution in [0.1, 0.15) is 75.3 Å². The minimum atomic E-state index is 0.480. The molecule has 0 radical (unpaired) electrons. The predicted octanol–water partition coefficient (Wildman–Crippen LogP) is 6.85. The van der Waals surface area contributed by atoms with Crippen LogP contribution in [0.5, 0.6) is 11.5 Å². The van der Waals surface area contributed by atoms with Gasteiger partial charge in [-0.25, -0.2) is 0 Å². The summed E-state index contributed by atoms with van der Waals surface area (Å²) in [6, 6.07) is 15.3. The largest absolute Gasteiger partial charge is 0.298 e. The third-order valence-electron chi connectivity index (χ3n) is 6.05. The molecule has 0 N–H and O–H groups in total. The topological polar surface area (TPSA) is 27.7 Å². The SMILES string of the molecule is C(#CC1CCCCC1)c1ccccc1OOOc1ccccc1C#CC1CCCCC1. The van der Waals surface area contributed by atoms with Crippen molar-refractivity contribution in [1.82, 2.24) is 0 Å². The van der Waals surface area contributed by atoms with Gasteiger partial charge in [0.05, 0.1) is 11.1 Å². The van der Waals surface area contributed by atoms with Crippen LogP contribution in [-0.4, -0.2) is 0 Å². The van der Waals surface area contributed by atoms with Gasteiger partial charge in [0.1, 0.15) is 0 Å². The first-order valence-corrected chi connectivity index (χ1v) is 11.6. The molecule has 0 spiro atoms. The second-order valence-corrected chi connectivity index (χ2v) is 8.44. The maximum Gasteiger partial charge on any atom is 0.185 e. The van der Waals surface area contributed by atoms with E-state index in [0.29, 0.717) is 23.3 Å². The number of hydrogen-bond acceptors (Lipinski definition) is 3. The van der Waals surface area contributed by atoms with Gasteiger partial charge < -0.3 is 0 Å². The number of hydrogen-bond donors (Lipinski definition) is 0. The fourth-order valence-corrected chi connectivity index (χ4v) is 4.23. The van der Waals surface area contributed by atoms with E-state index >= 15 is 0 Å². The summed E-state index contributed by atoms with van der Waals surface area (Å²) in [6.07, 6.45) is 12.5. The van der Waals surface area contributed by atoms with Gasteiger partial charge in [-0.15, -0.1) is 0 Å². The normalized spacial score (nSPS) is 17.0. The first kappa shape index (κ1) is 21.4. The van der Waals surface area contributed by atoms with Crippen molar-refractivity contribution in [2.75, 3.05) is 0 Å². The number of para-hydroxylation sites is 2. The molecule has 3 nitrogen and oxygen atoms in total. The molecule has 160 valence electrons. The Morgan fingerprint density at radius 1 is 0.548 bits per heavy atom. The zero-order chi connectivity index (χ0) is 21.1. The average Bonchev–Trinajstić information content (AvgIpc) is 2.84. The van der Waals surface area contributed by atoms with Gasteiger partial charge in [-0.2, -0.15) is 0 Å². The second kappa shape index (κ2) is 11.5. The van der Waals surface area contributed by atoms with Crippen LogP contribution in [0.15, 0.2) is 48.5 Å². The molecule has 0 unspecified atom stereocenters. The first-order valence-electron chi connectivity index (χ1n) is 11.6. The van der Waals surface area contributed by atoms with E-state index in [9.17, 15) is 0 Å². The monoisotopic (exact) mass is 414 g/mol. The van der Waals surface area contributed by atoms with Gasteiger partial charge in [0.25, 0.3) is 0 Å². The van der Waals surface area contributed by atoms with Crippen LogP contribution in [0.2, 0.25) is 0 Å². The molecule has 2 aromatic carbocycles. The summed E-state index contributed by atoms with van der Waals surface area (Å²) in [5.41, 5.74) is 1.61. The van der Waals surface area contributed by atoms with Crippen molar-refractivity contribution in [3.63, 3.8) is 0 Å². The van der Waals surface area contributed by atoms with Crippen molar-refractivity contribution in [1.29, 1.82) is 0 Å². The summed E-state index contributed by atoms with van der Waals surface area (Å²) in [7, 11) is 0. The minimum absolute atomic E-state index is 0.480. The lowest BCUT2D eigenvalue weighted by atomic mass is 9.89. The second-order valence-electron chi connectivity index (χ2n) is 8.44. The van der Waals surface area contributed by atoms with E-state index in [0.717, 1.165) is 11.1 Å². The highest BCUT2D eigenvalue weighted by Gasteiger charge is 2.12. The van der Waals surface area contributed by atoms with Crippen molar-refractivity contribution >= 4 is 0 Å². The van der Waals surface area contributed by atoms with E-state index in [1.54, 1.807) is 0 Å². The van der Waals surface area contributed by atoms with E-state index in [-0.39, 0.29) is 0 Å². The third-order valence-corrected chi connectivity index (χ3v) is 6.05. The van der Waals surface area contributed by atoms with Crippen LogP contribution >= 0.6 is 0 Å². The molecule has 2 aromatic rings. The molecule has 0 bridgehead atoms. The lowest BCUT2D eigenvalue weighted by Gasteiger charge is -2.15. The van der Waals surface area contributed by atoms with Crippen molar-refractivity contribution in [2.45, 2.75) is 64.2 Å². The van der Waals surface area contributed by atoms with Crippen LogP contribution in [0.4, 0.5) is 0 Å². The highest BCUT2D eigenvalue weighted by atomic mass is 17.5. The highest BCUT2D eigenvalue weighted by Crippen LogP contribution is 2.25. The van der Waals surface area contributed by atoms with Gasteiger partial charge in [0.2, 0.25) is 0 Å². The van der Waals surface area contributed by atoms with Gasteiger partial charge in [0, 0.05) is 16.9 Å². The van der Waals surface area contributed by atoms with Crippen LogP contribution in [0.3, 0.4) is 0 Å². The molecule has 4 rings (SSSR count). The van der Waals surface area contributed by atoms with E-state index in [4.69, 9.17) is 14.8 Å². The van der Waals surface area contributed by atoms with Gasteiger partial charge in [-0.1, -0.05) is 86.5 Å². The first-order chi connectivity index (χ1) is 15.4. The van der Waals surface area contributed by atoms with Crippen LogP contribution < -0.4 is 9.78 Å². The van der Waals surface area contributed by atoms with Gasteiger partial charge in [0.15, 0.2) is 11.5 Å². The van der Waals surface area contributed by atoms with E-state index < -0.39 is 0 Å². The van der Waals surface area contributed by atoms with Gasteiger partial charge in [-0.05, 0) is 49.9 Å². The Bertz CT molecular complexity index is 881. The smallest absolute Gasteiger partial charge is 0.185 e. The molecule has 2 saturated carbocycles. The summed E-state index contributed by atoms with van der Waals surface area (Å²) >= 11 is 0. The summed E-state index contributed by atoms with van der Waals surface area (Å²) in [5, 5.41) is 5.14. The molecule has 0 aliphatic heterocycles. The Kier molecular flexibility index (Phi) is 7.92. The Morgan fingerprint density at radius 3 is 1.42 bits per heavy atom. The van der Waals surface area contributed by atoms with E-state index in [1.807, 2.05) is 48.5 Å². The molecule has 31 heavy (non-hydrogen) atoms. The van der Waals surface area contributed by atoms with Crippen LogP contribution in [0, 0.1) is 35.5 Å². The molecule has 3 heteroatoms. The van der Waals surface area contributed by atoms with E-state index in [2.05, 4.69) is 23.7 Å². The Morgan fingerprint density at radius 2 is 0.968 bits per heavy atom. The molecule has 2 aliphatic carbocycles. The average molecular weight is 415 g/mol. The van der Waals surface area contributed by atoms with Crippen molar-refractivity contribution in [3.05, 3.63) is 59.7 Å². The van der Waals surface area contributed by atoms with E-state index in [1.165, 1.54) is 64.2 Å². The van der Waals surface area contributed by atoms with Crippen LogP contribution in [-0.2, 0) is 5.04 Å². The Balaban J connectivity index is 1.37. The van der Waals surface area contributed by atoms with Crippen molar-refractivity contribution in [2.24, 2.45) is 11.8 Å². The maximum atomic E-state index is 5.46. The summed E-state index contributed by atoms with van der Waals surface area (Å²) < 4.78 is 0. The lowest BCUT2D eigenvalue weighted by molar-refractivity contribution is -0.411. The molecule has 0 amide bonds. The molecule has 2 fully saturated rings. The van der Waals surface area contributed by atoms with Crippen molar-refractivity contribution < 1.29 is 14.8 Å². The molecule has 0 saturated heterocycles. The molecule has 0 aromatic heterocycles. The molecule has 2 aliphatic rings. The van der Waals surface area contributed by atoms with Crippen LogP contribution in [0.25, 0.3) is 0 Å². The number of benzene rings is 2. The molecular formula is C28H30O3. The van der Waals surface area contributed by atoms with Crippen molar-refractivity contribution in [3.8, 4) is 35.2 Å². The fraction of sp³-hybridized carbons (Fsp3) is 0.429. The minimum Gasteiger partial charge on any atom is -0.298 e. The molecule has 0 heterocycles. The molecular weight excluding hydrogens is 384 g/mol. The zero-order valence-electron chi connectivity index (χ0n) is 18.1. The number of rotatable bonds is 4. The maximum absolute atomic E-state index is 5.46. The quantitative estimate of drug-likeness (QED) is 0.311. The summed E-state index contributed by atoms with van der Waals surface area (Å²) in [6.45, 7) is 0.